The number of hydrogen-bond acceptors (Lipinski definition) is 2. The quantitative estimate of drug-likeness (QED) is 0.787. The Bertz CT molecular complexity index is 573. The number of halogens is 1. The zero-order valence-corrected chi connectivity index (χ0v) is 14.5. The Balaban J connectivity index is 2.41. The van der Waals surface area contributed by atoms with Crippen LogP contribution in [0.1, 0.15) is 48.5 Å². The van der Waals surface area contributed by atoms with Crippen molar-refractivity contribution in [2.24, 2.45) is 0 Å². The van der Waals surface area contributed by atoms with E-state index in [0.717, 1.165) is 22.0 Å². The summed E-state index contributed by atoms with van der Waals surface area (Å²) in [5.41, 5.74) is 0.620. The van der Waals surface area contributed by atoms with Gasteiger partial charge in [0, 0.05) is 10.1 Å². The largest absolute Gasteiger partial charge is 0.479 e. The van der Waals surface area contributed by atoms with E-state index in [4.69, 9.17) is 0 Å². The summed E-state index contributed by atoms with van der Waals surface area (Å²) in [6.07, 6.45) is 2.56. The van der Waals surface area contributed by atoms with E-state index >= 15 is 0 Å². The predicted octanol–water partition coefficient (Wildman–Crippen LogP) is 3.46. The summed E-state index contributed by atoms with van der Waals surface area (Å²) in [5, 5.41) is 9.69. The Hall–Kier alpha value is -1.11. The van der Waals surface area contributed by atoms with Gasteiger partial charge in [0.25, 0.3) is 5.91 Å². The Kier molecular flexibility index (Phi) is 4.91. The van der Waals surface area contributed by atoms with Crippen LogP contribution in [-0.4, -0.2) is 34.0 Å². The number of amides is 1. The second-order valence-electron chi connectivity index (χ2n) is 5.58. The Morgan fingerprint density at radius 2 is 2.14 bits per heavy atom. The first kappa shape index (κ1) is 16.3. The lowest BCUT2D eigenvalue weighted by molar-refractivity contribution is -0.148. The van der Waals surface area contributed by atoms with Crippen LogP contribution in [0.2, 0.25) is 0 Å². The van der Waals surface area contributed by atoms with Gasteiger partial charge in [0.2, 0.25) is 0 Å². The molecule has 5 heteroatoms. The van der Waals surface area contributed by atoms with Crippen molar-refractivity contribution in [3.63, 3.8) is 0 Å². The fourth-order valence-corrected chi connectivity index (χ4v) is 3.73. The van der Waals surface area contributed by atoms with Gasteiger partial charge < -0.3 is 10.0 Å². The summed E-state index contributed by atoms with van der Waals surface area (Å²) in [6.45, 7) is 4.44. The highest BCUT2D eigenvalue weighted by Crippen LogP contribution is 2.36. The summed E-state index contributed by atoms with van der Waals surface area (Å²) in [6, 6.07) is 5.59. The highest BCUT2D eigenvalue weighted by molar-refractivity contribution is 14.1. The van der Waals surface area contributed by atoms with E-state index in [9.17, 15) is 14.7 Å². The highest BCUT2D eigenvalue weighted by Gasteiger charge is 2.49. The molecule has 1 aromatic carbocycles. The molecule has 114 valence electrons. The Morgan fingerprint density at radius 1 is 1.43 bits per heavy atom. The zero-order valence-electron chi connectivity index (χ0n) is 12.4. The van der Waals surface area contributed by atoms with E-state index in [-0.39, 0.29) is 5.91 Å². The Morgan fingerprint density at radius 3 is 2.76 bits per heavy atom. The minimum atomic E-state index is -1.03. The second kappa shape index (κ2) is 6.34. The van der Waals surface area contributed by atoms with Crippen molar-refractivity contribution < 1.29 is 14.7 Å². The molecule has 1 atom stereocenters. The van der Waals surface area contributed by atoms with E-state index < -0.39 is 11.5 Å². The highest BCUT2D eigenvalue weighted by atomic mass is 127. The summed E-state index contributed by atoms with van der Waals surface area (Å²) >= 11 is 2.16. The molecule has 0 aliphatic carbocycles. The second-order valence-corrected chi connectivity index (χ2v) is 6.66. The van der Waals surface area contributed by atoms with E-state index in [0.29, 0.717) is 24.9 Å². The third kappa shape index (κ3) is 2.80. The summed E-state index contributed by atoms with van der Waals surface area (Å²) in [4.78, 5) is 26.3. The number of benzene rings is 1. The molecule has 1 aliphatic rings. The van der Waals surface area contributed by atoms with Crippen molar-refractivity contribution in [2.75, 3.05) is 6.54 Å². The van der Waals surface area contributed by atoms with E-state index in [1.165, 1.54) is 0 Å². The number of nitrogens with zero attached hydrogens (tertiary/aromatic N) is 1. The molecule has 1 aliphatic heterocycles. The maximum Gasteiger partial charge on any atom is 0.329 e. The molecule has 0 aromatic heterocycles. The van der Waals surface area contributed by atoms with Crippen LogP contribution in [-0.2, 0) is 4.79 Å². The molecule has 1 N–H and O–H groups in total. The van der Waals surface area contributed by atoms with Crippen molar-refractivity contribution in [1.29, 1.82) is 0 Å². The van der Waals surface area contributed by atoms with Crippen molar-refractivity contribution in [3.05, 3.63) is 32.9 Å². The van der Waals surface area contributed by atoms with Crippen LogP contribution in [0.3, 0.4) is 0 Å². The van der Waals surface area contributed by atoms with Gasteiger partial charge >= 0.3 is 5.97 Å². The lowest BCUT2D eigenvalue weighted by Gasteiger charge is -2.35. The molecule has 0 spiro atoms. The van der Waals surface area contributed by atoms with Crippen LogP contribution in [0.25, 0.3) is 0 Å². The molecule has 1 heterocycles. The fourth-order valence-electron chi connectivity index (χ4n) is 3.14. The average Bonchev–Trinajstić information content (AvgIpc) is 2.86. The number of rotatable bonds is 4. The first-order valence-corrected chi connectivity index (χ1v) is 8.32. The molecule has 1 fully saturated rings. The van der Waals surface area contributed by atoms with Gasteiger partial charge in [-0.15, -0.1) is 0 Å². The predicted molar refractivity (Wildman–Crippen MR) is 89.4 cm³/mol. The SMILES string of the molecule is CCCC1(C(=O)O)CCCN1C(=O)c1cccc(C)c1I. The number of aryl methyl sites for hydroxylation is 1. The maximum atomic E-state index is 12.9. The molecular formula is C16H20INO3. The monoisotopic (exact) mass is 401 g/mol. The van der Waals surface area contributed by atoms with Crippen LogP contribution in [0.15, 0.2) is 18.2 Å². The van der Waals surface area contributed by atoms with Gasteiger partial charge in [-0.05, 0) is 60.4 Å². The normalized spacial score (nSPS) is 21.6. The lowest BCUT2D eigenvalue weighted by Crippen LogP contribution is -2.53. The molecular weight excluding hydrogens is 381 g/mol. The number of carbonyl (C=O) groups excluding carboxylic acids is 1. The minimum Gasteiger partial charge on any atom is -0.479 e. The van der Waals surface area contributed by atoms with Gasteiger partial charge in [0.1, 0.15) is 5.54 Å². The van der Waals surface area contributed by atoms with Crippen LogP contribution >= 0.6 is 22.6 Å². The van der Waals surface area contributed by atoms with Gasteiger partial charge in [-0.2, -0.15) is 0 Å². The molecule has 2 rings (SSSR count). The van der Waals surface area contributed by atoms with E-state index in [1.54, 1.807) is 11.0 Å². The molecule has 1 aromatic rings. The van der Waals surface area contributed by atoms with Crippen LogP contribution in [0.4, 0.5) is 0 Å². The third-order valence-corrected chi connectivity index (χ3v) is 5.65. The Labute approximate surface area is 138 Å². The fraction of sp³-hybridized carbons (Fsp3) is 0.500. The lowest BCUT2D eigenvalue weighted by atomic mass is 9.90. The topological polar surface area (TPSA) is 57.6 Å². The number of aliphatic carboxylic acids is 1. The smallest absolute Gasteiger partial charge is 0.329 e. The van der Waals surface area contributed by atoms with Gasteiger partial charge in [-0.25, -0.2) is 4.79 Å². The molecule has 0 radical (unpaired) electrons. The molecule has 1 amide bonds. The molecule has 1 unspecified atom stereocenters. The molecule has 0 saturated carbocycles. The standard InChI is InChI=1S/C16H20INO3/c1-3-8-16(15(20)21)9-5-10-18(16)14(19)12-7-4-6-11(2)13(12)17/h4,6-7H,3,5,8-10H2,1-2H3,(H,20,21). The maximum absolute atomic E-state index is 12.9. The van der Waals surface area contributed by atoms with Crippen LogP contribution in [0, 0.1) is 10.5 Å². The average molecular weight is 401 g/mol. The summed E-state index contributed by atoms with van der Waals surface area (Å²) in [7, 11) is 0. The molecule has 21 heavy (non-hydrogen) atoms. The van der Waals surface area contributed by atoms with Crippen molar-refractivity contribution in [2.45, 2.75) is 45.1 Å². The summed E-state index contributed by atoms with van der Waals surface area (Å²) < 4.78 is 0.905. The first-order chi connectivity index (χ1) is 9.94. The van der Waals surface area contributed by atoms with Crippen molar-refractivity contribution in [3.8, 4) is 0 Å². The van der Waals surface area contributed by atoms with E-state index in [2.05, 4.69) is 22.6 Å². The minimum absolute atomic E-state index is 0.156. The number of carbonyl (C=O) groups is 2. The number of hydrogen-bond donors (Lipinski definition) is 1. The zero-order chi connectivity index (χ0) is 15.6. The van der Waals surface area contributed by atoms with Gasteiger partial charge in [0.15, 0.2) is 0 Å². The van der Waals surface area contributed by atoms with Crippen LogP contribution < -0.4 is 0 Å². The molecule has 1 saturated heterocycles. The van der Waals surface area contributed by atoms with Crippen molar-refractivity contribution in [1.82, 2.24) is 4.90 Å². The van der Waals surface area contributed by atoms with Gasteiger partial charge in [-0.3, -0.25) is 4.79 Å². The third-order valence-electron chi connectivity index (χ3n) is 4.22. The first-order valence-electron chi connectivity index (χ1n) is 7.24. The number of carboxylic acids is 1. The van der Waals surface area contributed by atoms with Gasteiger partial charge in [-0.1, -0.05) is 25.5 Å². The van der Waals surface area contributed by atoms with Crippen LogP contribution in [0.5, 0.6) is 0 Å². The number of likely N-dealkylation sites (tertiary alicyclic amines) is 1. The molecule has 0 bridgehead atoms. The van der Waals surface area contributed by atoms with Crippen molar-refractivity contribution >= 4 is 34.5 Å². The number of carboxylic acid groups (broad SMARTS) is 1. The van der Waals surface area contributed by atoms with E-state index in [1.807, 2.05) is 26.0 Å². The summed E-state index contributed by atoms with van der Waals surface area (Å²) in [5.74, 6) is -1.03. The van der Waals surface area contributed by atoms with Gasteiger partial charge in [0.05, 0.1) is 5.56 Å². The molecule has 4 nitrogen and oxygen atoms in total.